The van der Waals surface area contributed by atoms with Crippen LogP contribution in [0.15, 0.2) is 16.9 Å². The van der Waals surface area contributed by atoms with Gasteiger partial charge >= 0.3 is 0 Å². The van der Waals surface area contributed by atoms with Gasteiger partial charge in [-0.05, 0) is 45.0 Å². The molecule has 19 heavy (non-hydrogen) atoms. The van der Waals surface area contributed by atoms with Crippen LogP contribution < -0.4 is 10.9 Å². The molecule has 0 saturated carbocycles. The largest absolute Gasteiger partial charge is 0.348 e. The Morgan fingerprint density at radius 1 is 1.53 bits per heavy atom. The van der Waals surface area contributed by atoms with Crippen LogP contribution in [0.3, 0.4) is 0 Å². The second-order valence-electron chi connectivity index (χ2n) is 5.09. The van der Waals surface area contributed by atoms with Crippen molar-refractivity contribution in [2.75, 3.05) is 19.6 Å². The summed E-state index contributed by atoms with van der Waals surface area (Å²) in [5.41, 5.74) is 0.635. The van der Waals surface area contributed by atoms with E-state index in [1.54, 1.807) is 19.1 Å². The van der Waals surface area contributed by atoms with Crippen LogP contribution in [0, 0.1) is 6.92 Å². The Labute approximate surface area is 113 Å². The van der Waals surface area contributed by atoms with Crippen molar-refractivity contribution in [1.82, 2.24) is 15.2 Å². The molecule has 1 aliphatic rings. The second kappa shape index (κ2) is 6.02. The zero-order chi connectivity index (χ0) is 13.8. The highest BCUT2D eigenvalue weighted by molar-refractivity contribution is 5.94. The number of pyridine rings is 1. The molecule has 2 heterocycles. The molecule has 0 bridgehead atoms. The average molecular weight is 263 g/mol. The highest BCUT2D eigenvalue weighted by Crippen LogP contribution is 2.10. The molecule has 104 valence electrons. The molecular weight excluding hydrogens is 242 g/mol. The summed E-state index contributed by atoms with van der Waals surface area (Å²) in [5, 5.41) is 2.96. The third-order valence-corrected chi connectivity index (χ3v) is 3.59. The fourth-order valence-electron chi connectivity index (χ4n) is 2.47. The number of aromatic nitrogens is 1. The van der Waals surface area contributed by atoms with Crippen molar-refractivity contribution in [2.24, 2.45) is 0 Å². The van der Waals surface area contributed by atoms with E-state index in [1.807, 2.05) is 0 Å². The quantitative estimate of drug-likeness (QED) is 0.851. The highest BCUT2D eigenvalue weighted by Gasteiger charge is 2.21. The minimum absolute atomic E-state index is 0.141. The number of aromatic amines is 1. The molecule has 5 heteroatoms. The standard InChI is InChI=1S/C14H21N3O2/c1-3-17-8-4-5-11(9-17)16-14(19)12-7-6-10(2)15-13(12)18/h6-7,11H,3-5,8-9H2,1-2H3,(H,15,18)(H,16,19). The lowest BCUT2D eigenvalue weighted by Crippen LogP contribution is -2.48. The van der Waals surface area contributed by atoms with Crippen LogP contribution in [-0.4, -0.2) is 41.5 Å². The van der Waals surface area contributed by atoms with Gasteiger partial charge in [0, 0.05) is 18.3 Å². The van der Waals surface area contributed by atoms with E-state index in [0.29, 0.717) is 0 Å². The fourth-order valence-corrected chi connectivity index (χ4v) is 2.47. The van der Waals surface area contributed by atoms with E-state index in [-0.39, 0.29) is 23.1 Å². The lowest BCUT2D eigenvalue weighted by atomic mass is 10.1. The van der Waals surface area contributed by atoms with E-state index in [9.17, 15) is 9.59 Å². The number of likely N-dealkylation sites (tertiary alicyclic amines) is 1. The summed E-state index contributed by atoms with van der Waals surface area (Å²) in [7, 11) is 0. The van der Waals surface area contributed by atoms with E-state index in [4.69, 9.17) is 0 Å². The summed E-state index contributed by atoms with van der Waals surface area (Å²) < 4.78 is 0. The van der Waals surface area contributed by atoms with E-state index in [1.165, 1.54) is 0 Å². The number of amides is 1. The van der Waals surface area contributed by atoms with Crippen molar-refractivity contribution in [3.05, 3.63) is 33.7 Å². The predicted molar refractivity (Wildman–Crippen MR) is 74.4 cm³/mol. The maximum Gasteiger partial charge on any atom is 0.260 e. The summed E-state index contributed by atoms with van der Waals surface area (Å²) in [6.07, 6.45) is 2.06. The molecule has 0 aromatic carbocycles. The zero-order valence-electron chi connectivity index (χ0n) is 11.5. The second-order valence-corrected chi connectivity index (χ2v) is 5.09. The van der Waals surface area contributed by atoms with E-state index in [2.05, 4.69) is 22.1 Å². The molecule has 0 radical (unpaired) electrons. The van der Waals surface area contributed by atoms with Gasteiger partial charge < -0.3 is 15.2 Å². The first-order valence-corrected chi connectivity index (χ1v) is 6.83. The summed E-state index contributed by atoms with van der Waals surface area (Å²) in [4.78, 5) is 28.8. The zero-order valence-corrected chi connectivity index (χ0v) is 11.5. The number of rotatable bonds is 3. The van der Waals surface area contributed by atoms with Crippen LogP contribution in [-0.2, 0) is 0 Å². The van der Waals surface area contributed by atoms with Gasteiger partial charge in [0.15, 0.2) is 0 Å². The van der Waals surface area contributed by atoms with Gasteiger partial charge in [-0.2, -0.15) is 0 Å². The van der Waals surface area contributed by atoms with E-state index < -0.39 is 0 Å². The summed E-state index contributed by atoms with van der Waals surface area (Å²) in [6.45, 7) is 6.87. The first kappa shape index (κ1) is 13.8. The average Bonchev–Trinajstić information content (AvgIpc) is 2.38. The fraction of sp³-hybridized carbons (Fsp3) is 0.571. The Morgan fingerprint density at radius 3 is 3.00 bits per heavy atom. The van der Waals surface area contributed by atoms with Crippen molar-refractivity contribution >= 4 is 5.91 Å². The van der Waals surface area contributed by atoms with Crippen LogP contribution in [0.2, 0.25) is 0 Å². The Morgan fingerprint density at radius 2 is 2.32 bits per heavy atom. The Balaban J connectivity index is 2.02. The van der Waals surface area contributed by atoms with Crippen LogP contribution in [0.1, 0.15) is 35.8 Å². The van der Waals surface area contributed by atoms with Gasteiger partial charge in [-0.15, -0.1) is 0 Å². The van der Waals surface area contributed by atoms with Gasteiger partial charge in [0.2, 0.25) is 0 Å². The number of piperidine rings is 1. The summed E-state index contributed by atoms with van der Waals surface area (Å²) in [6, 6.07) is 3.47. The molecule has 1 aromatic rings. The first-order valence-electron chi connectivity index (χ1n) is 6.83. The molecule has 1 aliphatic heterocycles. The van der Waals surface area contributed by atoms with Gasteiger partial charge in [-0.1, -0.05) is 6.92 Å². The minimum Gasteiger partial charge on any atom is -0.348 e. The van der Waals surface area contributed by atoms with Crippen molar-refractivity contribution in [2.45, 2.75) is 32.7 Å². The lowest BCUT2D eigenvalue weighted by Gasteiger charge is -2.32. The maximum absolute atomic E-state index is 12.1. The Kier molecular flexibility index (Phi) is 4.37. The third-order valence-electron chi connectivity index (χ3n) is 3.59. The molecule has 1 unspecified atom stereocenters. The molecule has 1 amide bonds. The van der Waals surface area contributed by atoms with Crippen LogP contribution in [0.5, 0.6) is 0 Å². The predicted octanol–water partition coefficient (Wildman–Crippen LogP) is 0.897. The van der Waals surface area contributed by atoms with Crippen molar-refractivity contribution in [3.63, 3.8) is 0 Å². The molecule has 1 atom stereocenters. The molecular formula is C14H21N3O2. The number of hydrogen-bond acceptors (Lipinski definition) is 3. The Hall–Kier alpha value is -1.62. The minimum atomic E-state index is -0.319. The maximum atomic E-state index is 12.1. The molecule has 5 nitrogen and oxygen atoms in total. The summed E-state index contributed by atoms with van der Waals surface area (Å²) >= 11 is 0. The van der Waals surface area contributed by atoms with Gasteiger partial charge in [-0.3, -0.25) is 9.59 Å². The van der Waals surface area contributed by atoms with Crippen LogP contribution in [0.25, 0.3) is 0 Å². The SMILES string of the molecule is CCN1CCCC(NC(=O)c2ccc(C)[nH]c2=O)C1. The number of carbonyl (C=O) groups excluding carboxylic acids is 1. The molecule has 1 aromatic heterocycles. The van der Waals surface area contributed by atoms with E-state index in [0.717, 1.165) is 38.2 Å². The number of nitrogens with zero attached hydrogens (tertiary/aromatic N) is 1. The number of likely N-dealkylation sites (N-methyl/N-ethyl adjacent to an activating group) is 1. The van der Waals surface area contributed by atoms with E-state index >= 15 is 0 Å². The normalized spacial score (nSPS) is 20.2. The van der Waals surface area contributed by atoms with Gasteiger partial charge in [0.1, 0.15) is 5.56 Å². The number of H-pyrrole nitrogens is 1. The monoisotopic (exact) mass is 263 g/mol. The molecule has 1 saturated heterocycles. The first-order chi connectivity index (χ1) is 9.10. The van der Waals surface area contributed by atoms with Gasteiger partial charge in [0.25, 0.3) is 11.5 Å². The molecule has 0 spiro atoms. The summed E-state index contributed by atoms with van der Waals surface area (Å²) in [5.74, 6) is -0.274. The Bertz CT molecular complexity index is 510. The highest BCUT2D eigenvalue weighted by atomic mass is 16.2. The molecule has 0 aliphatic carbocycles. The lowest BCUT2D eigenvalue weighted by molar-refractivity contribution is 0.0904. The number of carbonyl (C=O) groups is 1. The van der Waals surface area contributed by atoms with Crippen molar-refractivity contribution in [3.8, 4) is 0 Å². The topological polar surface area (TPSA) is 65.2 Å². The van der Waals surface area contributed by atoms with Gasteiger partial charge in [0.05, 0.1) is 0 Å². The van der Waals surface area contributed by atoms with Crippen LogP contribution in [0.4, 0.5) is 0 Å². The van der Waals surface area contributed by atoms with Crippen LogP contribution >= 0.6 is 0 Å². The van der Waals surface area contributed by atoms with Crippen molar-refractivity contribution in [1.29, 1.82) is 0 Å². The molecule has 2 N–H and O–H groups in total. The smallest absolute Gasteiger partial charge is 0.260 e. The third kappa shape index (κ3) is 3.44. The number of hydrogen-bond donors (Lipinski definition) is 2. The number of aryl methyl sites for hydroxylation is 1. The van der Waals surface area contributed by atoms with Gasteiger partial charge in [-0.25, -0.2) is 0 Å². The number of nitrogens with one attached hydrogen (secondary N) is 2. The molecule has 2 rings (SSSR count). The van der Waals surface area contributed by atoms with Crippen molar-refractivity contribution < 1.29 is 4.79 Å². The molecule has 1 fully saturated rings.